The van der Waals surface area contributed by atoms with Crippen molar-refractivity contribution in [2.24, 2.45) is 0 Å². The SMILES string of the molecule is CC(C)c1nc(N)cc(N(CCO)CC(F)(F)F)n1. The summed E-state index contributed by atoms with van der Waals surface area (Å²) in [6.07, 6.45) is -4.38. The Bertz CT molecular complexity index is 423. The van der Waals surface area contributed by atoms with E-state index in [1.807, 2.05) is 13.8 Å². The molecule has 0 fully saturated rings. The predicted molar refractivity (Wildman–Crippen MR) is 65.9 cm³/mol. The van der Waals surface area contributed by atoms with E-state index in [9.17, 15) is 13.2 Å². The molecule has 0 unspecified atom stereocenters. The molecule has 0 saturated heterocycles. The fourth-order valence-electron chi connectivity index (χ4n) is 1.50. The van der Waals surface area contributed by atoms with Crippen molar-refractivity contribution in [3.05, 3.63) is 11.9 Å². The van der Waals surface area contributed by atoms with E-state index in [-0.39, 0.29) is 24.1 Å². The fourth-order valence-corrected chi connectivity index (χ4v) is 1.50. The van der Waals surface area contributed by atoms with Gasteiger partial charge in [0.25, 0.3) is 0 Å². The Hall–Kier alpha value is -1.57. The highest BCUT2D eigenvalue weighted by Gasteiger charge is 2.31. The summed E-state index contributed by atoms with van der Waals surface area (Å²) in [5.41, 5.74) is 5.57. The van der Waals surface area contributed by atoms with E-state index >= 15 is 0 Å². The van der Waals surface area contributed by atoms with Crippen LogP contribution < -0.4 is 10.6 Å². The molecule has 0 saturated carbocycles. The van der Waals surface area contributed by atoms with E-state index in [0.29, 0.717) is 5.82 Å². The zero-order chi connectivity index (χ0) is 14.6. The number of hydrogen-bond acceptors (Lipinski definition) is 5. The average Bonchev–Trinajstić information content (AvgIpc) is 2.25. The minimum atomic E-state index is -4.38. The van der Waals surface area contributed by atoms with E-state index < -0.39 is 19.3 Å². The van der Waals surface area contributed by atoms with Gasteiger partial charge in [0.2, 0.25) is 0 Å². The molecule has 19 heavy (non-hydrogen) atoms. The van der Waals surface area contributed by atoms with Crippen LogP contribution in [0.4, 0.5) is 24.8 Å². The molecule has 0 aromatic carbocycles. The molecule has 0 aliphatic heterocycles. The van der Waals surface area contributed by atoms with Crippen molar-refractivity contribution in [3.8, 4) is 0 Å². The van der Waals surface area contributed by atoms with Crippen molar-refractivity contribution in [2.75, 3.05) is 30.3 Å². The van der Waals surface area contributed by atoms with Crippen molar-refractivity contribution in [1.82, 2.24) is 9.97 Å². The smallest absolute Gasteiger partial charge is 0.395 e. The van der Waals surface area contributed by atoms with Crippen LogP contribution in [0.5, 0.6) is 0 Å². The van der Waals surface area contributed by atoms with Gasteiger partial charge in [-0.3, -0.25) is 0 Å². The molecule has 0 aliphatic rings. The molecule has 1 heterocycles. The number of aromatic nitrogens is 2. The number of hydrogen-bond donors (Lipinski definition) is 2. The standard InChI is InChI=1S/C11H17F3N4O/c1-7(2)10-16-8(15)5-9(17-10)18(3-4-19)6-11(12,13)14/h5,7,19H,3-4,6H2,1-2H3,(H2,15,16,17). The van der Waals surface area contributed by atoms with Gasteiger partial charge in [-0.05, 0) is 0 Å². The highest BCUT2D eigenvalue weighted by molar-refractivity contribution is 5.47. The maximum absolute atomic E-state index is 12.5. The number of aliphatic hydroxyl groups is 1. The first kappa shape index (κ1) is 15.5. The third kappa shape index (κ3) is 4.90. The van der Waals surface area contributed by atoms with E-state index in [1.165, 1.54) is 6.07 Å². The van der Waals surface area contributed by atoms with Crippen molar-refractivity contribution < 1.29 is 18.3 Å². The van der Waals surface area contributed by atoms with Gasteiger partial charge in [-0.1, -0.05) is 13.8 Å². The van der Waals surface area contributed by atoms with Crippen LogP contribution in [-0.2, 0) is 0 Å². The van der Waals surface area contributed by atoms with Crippen LogP contribution in [0.3, 0.4) is 0 Å². The van der Waals surface area contributed by atoms with Crippen LogP contribution in [0.25, 0.3) is 0 Å². The molecule has 0 amide bonds. The van der Waals surface area contributed by atoms with Crippen LogP contribution in [0.2, 0.25) is 0 Å². The topological polar surface area (TPSA) is 75.3 Å². The Kier molecular flexibility index (Phi) is 4.93. The quantitative estimate of drug-likeness (QED) is 0.854. The number of nitrogen functional groups attached to an aromatic ring is 1. The summed E-state index contributed by atoms with van der Waals surface area (Å²) in [5.74, 6) is 0.505. The van der Waals surface area contributed by atoms with E-state index in [2.05, 4.69) is 9.97 Å². The predicted octanol–water partition coefficient (Wildman–Crippen LogP) is 1.54. The molecule has 1 rings (SSSR count). The Balaban J connectivity index is 3.07. The lowest BCUT2D eigenvalue weighted by Gasteiger charge is -2.24. The van der Waals surface area contributed by atoms with Gasteiger partial charge in [-0.15, -0.1) is 0 Å². The lowest BCUT2D eigenvalue weighted by Crippen LogP contribution is -2.37. The summed E-state index contributed by atoms with van der Waals surface area (Å²) in [7, 11) is 0. The normalized spacial score (nSPS) is 11.9. The van der Waals surface area contributed by atoms with E-state index in [1.54, 1.807) is 0 Å². The van der Waals surface area contributed by atoms with Crippen LogP contribution in [-0.4, -0.2) is 40.9 Å². The molecular formula is C11H17F3N4O. The van der Waals surface area contributed by atoms with Crippen LogP contribution in [0.15, 0.2) is 6.07 Å². The molecule has 0 bridgehead atoms. The van der Waals surface area contributed by atoms with Gasteiger partial charge in [0.15, 0.2) is 0 Å². The van der Waals surface area contributed by atoms with Crippen molar-refractivity contribution in [1.29, 1.82) is 0 Å². The summed E-state index contributed by atoms with van der Waals surface area (Å²) in [4.78, 5) is 8.96. The molecule has 0 spiro atoms. The lowest BCUT2D eigenvalue weighted by atomic mass is 10.2. The van der Waals surface area contributed by atoms with E-state index in [4.69, 9.17) is 10.8 Å². The molecule has 108 valence electrons. The largest absolute Gasteiger partial charge is 0.405 e. The second kappa shape index (κ2) is 6.05. The minimum Gasteiger partial charge on any atom is -0.395 e. The van der Waals surface area contributed by atoms with Gasteiger partial charge in [-0.2, -0.15) is 13.2 Å². The first-order valence-corrected chi connectivity index (χ1v) is 5.80. The summed E-state index contributed by atoms with van der Waals surface area (Å²) in [6.45, 7) is 1.86. The Labute approximate surface area is 109 Å². The minimum absolute atomic E-state index is 0.0517. The molecule has 0 aliphatic carbocycles. The number of nitrogens with zero attached hydrogens (tertiary/aromatic N) is 3. The van der Waals surface area contributed by atoms with Crippen LogP contribution >= 0.6 is 0 Å². The maximum atomic E-state index is 12.5. The molecule has 1 aromatic rings. The van der Waals surface area contributed by atoms with Crippen molar-refractivity contribution in [3.63, 3.8) is 0 Å². The average molecular weight is 278 g/mol. The van der Waals surface area contributed by atoms with Gasteiger partial charge in [0.1, 0.15) is 24.0 Å². The van der Waals surface area contributed by atoms with E-state index in [0.717, 1.165) is 4.90 Å². The highest BCUT2D eigenvalue weighted by atomic mass is 19.4. The third-order valence-corrected chi connectivity index (χ3v) is 2.33. The zero-order valence-electron chi connectivity index (χ0n) is 10.8. The summed E-state index contributed by atoms with van der Waals surface area (Å²) >= 11 is 0. The fraction of sp³-hybridized carbons (Fsp3) is 0.636. The third-order valence-electron chi connectivity index (χ3n) is 2.33. The number of anilines is 2. The second-order valence-corrected chi connectivity index (χ2v) is 4.42. The lowest BCUT2D eigenvalue weighted by molar-refractivity contribution is -0.120. The highest BCUT2D eigenvalue weighted by Crippen LogP contribution is 2.23. The molecule has 0 radical (unpaired) electrons. The Morgan fingerprint density at radius 2 is 2.00 bits per heavy atom. The second-order valence-electron chi connectivity index (χ2n) is 4.42. The first-order valence-electron chi connectivity index (χ1n) is 5.80. The first-order chi connectivity index (χ1) is 8.73. The summed E-state index contributed by atoms with van der Waals surface area (Å²) in [6, 6.07) is 1.27. The number of rotatable bonds is 5. The molecule has 3 N–H and O–H groups in total. The number of alkyl halides is 3. The van der Waals surface area contributed by atoms with Crippen LogP contribution in [0, 0.1) is 0 Å². The monoisotopic (exact) mass is 278 g/mol. The molecule has 5 nitrogen and oxygen atoms in total. The molecular weight excluding hydrogens is 261 g/mol. The molecule has 8 heteroatoms. The van der Waals surface area contributed by atoms with Crippen molar-refractivity contribution >= 4 is 11.6 Å². The van der Waals surface area contributed by atoms with Gasteiger partial charge in [0, 0.05) is 18.5 Å². The Morgan fingerprint density at radius 1 is 1.37 bits per heavy atom. The zero-order valence-corrected chi connectivity index (χ0v) is 10.8. The number of halogens is 3. The van der Waals surface area contributed by atoms with Crippen molar-refractivity contribution in [2.45, 2.75) is 25.9 Å². The molecule has 0 atom stereocenters. The van der Waals surface area contributed by atoms with Gasteiger partial charge >= 0.3 is 6.18 Å². The summed E-state index contributed by atoms with van der Waals surface area (Å²) in [5, 5.41) is 8.86. The maximum Gasteiger partial charge on any atom is 0.405 e. The number of aliphatic hydroxyl groups excluding tert-OH is 1. The Morgan fingerprint density at radius 3 is 2.47 bits per heavy atom. The number of nitrogens with two attached hydrogens (primary N) is 1. The summed E-state index contributed by atoms with van der Waals surface area (Å²) < 4.78 is 37.4. The van der Waals surface area contributed by atoms with Gasteiger partial charge in [-0.25, -0.2) is 9.97 Å². The van der Waals surface area contributed by atoms with Crippen LogP contribution in [0.1, 0.15) is 25.6 Å². The molecule has 1 aromatic heterocycles. The van der Waals surface area contributed by atoms with Gasteiger partial charge < -0.3 is 15.7 Å². The van der Waals surface area contributed by atoms with Gasteiger partial charge in [0.05, 0.1) is 6.61 Å².